The normalized spacial score (nSPS) is 11.9. The van der Waals surface area contributed by atoms with E-state index in [4.69, 9.17) is 25.8 Å². The largest absolute Gasteiger partial charge is 0.493 e. The summed E-state index contributed by atoms with van der Waals surface area (Å²) in [5.74, 6) is 1.04. The van der Waals surface area contributed by atoms with Gasteiger partial charge in [0.2, 0.25) is 11.7 Å². The van der Waals surface area contributed by atoms with Gasteiger partial charge in [-0.05, 0) is 26.0 Å². The number of amides is 1. The zero-order valence-corrected chi connectivity index (χ0v) is 13.1. The highest BCUT2D eigenvalue weighted by atomic mass is 35.5. The van der Waals surface area contributed by atoms with E-state index < -0.39 is 5.38 Å². The Balaban J connectivity index is 3.21. The van der Waals surface area contributed by atoms with Gasteiger partial charge in [-0.3, -0.25) is 4.79 Å². The highest BCUT2D eigenvalue weighted by Gasteiger charge is 2.26. The summed E-state index contributed by atoms with van der Waals surface area (Å²) >= 11 is 6.22. The Morgan fingerprint density at radius 3 is 2.15 bits per heavy atom. The summed E-state index contributed by atoms with van der Waals surface area (Å²) in [4.78, 5) is 12.0. The van der Waals surface area contributed by atoms with Crippen LogP contribution < -0.4 is 19.5 Å². The van der Waals surface area contributed by atoms with Gasteiger partial charge in [-0.15, -0.1) is 11.6 Å². The van der Waals surface area contributed by atoms with Crippen LogP contribution in [0.2, 0.25) is 0 Å². The van der Waals surface area contributed by atoms with E-state index in [-0.39, 0.29) is 11.9 Å². The molecular formula is C14H20ClNO4. The molecule has 0 fully saturated rings. The van der Waals surface area contributed by atoms with Gasteiger partial charge in [0, 0.05) is 11.6 Å². The van der Waals surface area contributed by atoms with Gasteiger partial charge in [0.25, 0.3) is 0 Å². The second kappa shape index (κ2) is 7.24. The van der Waals surface area contributed by atoms with E-state index in [1.165, 1.54) is 21.3 Å². The van der Waals surface area contributed by atoms with Crippen LogP contribution >= 0.6 is 11.6 Å². The van der Waals surface area contributed by atoms with E-state index in [1.807, 2.05) is 13.8 Å². The van der Waals surface area contributed by atoms with Crippen LogP contribution in [0.25, 0.3) is 0 Å². The van der Waals surface area contributed by atoms with E-state index in [0.29, 0.717) is 22.8 Å². The number of rotatable bonds is 6. The highest BCUT2D eigenvalue weighted by molar-refractivity contribution is 6.31. The van der Waals surface area contributed by atoms with Crippen LogP contribution in [0.3, 0.4) is 0 Å². The lowest BCUT2D eigenvalue weighted by Crippen LogP contribution is -2.32. The molecule has 0 aromatic heterocycles. The molecule has 1 amide bonds. The number of hydrogen-bond acceptors (Lipinski definition) is 4. The number of alkyl halides is 1. The number of carbonyl (C=O) groups is 1. The van der Waals surface area contributed by atoms with Gasteiger partial charge in [-0.2, -0.15) is 0 Å². The van der Waals surface area contributed by atoms with Crippen LogP contribution in [-0.2, 0) is 4.79 Å². The molecule has 0 bridgehead atoms. The maximum Gasteiger partial charge on any atom is 0.242 e. The Morgan fingerprint density at radius 2 is 1.70 bits per heavy atom. The summed E-state index contributed by atoms with van der Waals surface area (Å²) in [5.41, 5.74) is 0.532. The summed E-state index contributed by atoms with van der Waals surface area (Å²) in [6.07, 6.45) is 0. The molecule has 112 valence electrons. The molecule has 1 aromatic rings. The summed E-state index contributed by atoms with van der Waals surface area (Å²) in [5, 5.41) is 1.89. The number of halogens is 1. The average Bonchev–Trinajstić information content (AvgIpc) is 2.43. The summed E-state index contributed by atoms with van der Waals surface area (Å²) in [7, 11) is 4.52. The molecule has 6 heteroatoms. The van der Waals surface area contributed by atoms with Gasteiger partial charge in [0.1, 0.15) is 5.38 Å². The van der Waals surface area contributed by atoms with Crippen molar-refractivity contribution in [3.8, 4) is 17.2 Å². The molecule has 0 aliphatic heterocycles. The number of benzene rings is 1. The van der Waals surface area contributed by atoms with Gasteiger partial charge >= 0.3 is 0 Å². The van der Waals surface area contributed by atoms with Crippen LogP contribution in [0.4, 0.5) is 0 Å². The summed E-state index contributed by atoms with van der Waals surface area (Å²) in [6.45, 7) is 3.74. The highest BCUT2D eigenvalue weighted by Crippen LogP contribution is 2.43. The van der Waals surface area contributed by atoms with Gasteiger partial charge in [-0.25, -0.2) is 0 Å². The summed E-state index contributed by atoms with van der Waals surface area (Å²) < 4.78 is 15.8. The van der Waals surface area contributed by atoms with Gasteiger partial charge in [0.15, 0.2) is 11.5 Å². The van der Waals surface area contributed by atoms with Gasteiger partial charge in [-0.1, -0.05) is 0 Å². The second-order valence-electron chi connectivity index (χ2n) is 4.45. The van der Waals surface area contributed by atoms with Crippen LogP contribution in [-0.4, -0.2) is 33.3 Å². The predicted molar refractivity (Wildman–Crippen MR) is 78.0 cm³/mol. The first-order valence-corrected chi connectivity index (χ1v) is 6.63. The topological polar surface area (TPSA) is 56.8 Å². The molecule has 0 saturated carbocycles. The van der Waals surface area contributed by atoms with Crippen molar-refractivity contribution in [2.45, 2.75) is 25.3 Å². The third-order valence-electron chi connectivity index (χ3n) is 2.67. The van der Waals surface area contributed by atoms with Crippen LogP contribution in [0, 0.1) is 0 Å². The first kappa shape index (κ1) is 16.4. The smallest absolute Gasteiger partial charge is 0.242 e. The molecule has 20 heavy (non-hydrogen) atoms. The van der Waals surface area contributed by atoms with Crippen molar-refractivity contribution in [1.29, 1.82) is 0 Å². The first-order chi connectivity index (χ1) is 9.46. The molecule has 1 aromatic carbocycles. The molecule has 0 saturated heterocycles. The molecule has 0 radical (unpaired) electrons. The van der Waals surface area contributed by atoms with Crippen molar-refractivity contribution in [1.82, 2.24) is 5.32 Å². The van der Waals surface area contributed by atoms with Gasteiger partial charge < -0.3 is 19.5 Å². The summed E-state index contributed by atoms with van der Waals surface area (Å²) in [6, 6.07) is 3.39. The Labute approximate surface area is 124 Å². The lowest BCUT2D eigenvalue weighted by Gasteiger charge is -2.19. The maximum atomic E-state index is 12.0. The molecule has 0 aliphatic carbocycles. The molecule has 0 spiro atoms. The zero-order valence-electron chi connectivity index (χ0n) is 12.3. The lowest BCUT2D eigenvalue weighted by atomic mass is 10.1. The molecule has 5 nitrogen and oxygen atoms in total. The minimum absolute atomic E-state index is 0.00916. The third kappa shape index (κ3) is 3.48. The van der Waals surface area contributed by atoms with Crippen molar-refractivity contribution in [2.24, 2.45) is 0 Å². The van der Waals surface area contributed by atoms with Gasteiger partial charge in [0.05, 0.1) is 21.3 Å². The number of ether oxygens (including phenoxy) is 3. The molecule has 0 heterocycles. The van der Waals surface area contributed by atoms with E-state index in [0.717, 1.165) is 0 Å². The van der Waals surface area contributed by atoms with Crippen molar-refractivity contribution < 1.29 is 19.0 Å². The van der Waals surface area contributed by atoms with E-state index in [9.17, 15) is 4.79 Å². The number of carbonyl (C=O) groups excluding carboxylic acids is 1. The lowest BCUT2D eigenvalue weighted by molar-refractivity contribution is -0.121. The monoisotopic (exact) mass is 301 g/mol. The quantitative estimate of drug-likeness (QED) is 0.820. The van der Waals surface area contributed by atoms with Crippen molar-refractivity contribution >= 4 is 17.5 Å². The fourth-order valence-electron chi connectivity index (χ4n) is 1.82. The fraction of sp³-hybridized carbons (Fsp3) is 0.500. The van der Waals surface area contributed by atoms with E-state index in [1.54, 1.807) is 12.1 Å². The Bertz CT molecular complexity index is 476. The minimum Gasteiger partial charge on any atom is -0.493 e. The first-order valence-electron chi connectivity index (χ1n) is 6.19. The minimum atomic E-state index is -0.868. The molecular weight excluding hydrogens is 282 g/mol. The van der Waals surface area contributed by atoms with Crippen LogP contribution in [0.5, 0.6) is 17.2 Å². The Morgan fingerprint density at radius 1 is 1.10 bits per heavy atom. The van der Waals surface area contributed by atoms with Crippen LogP contribution in [0.1, 0.15) is 24.8 Å². The Hall–Kier alpha value is -1.62. The molecule has 0 aliphatic rings. The molecule has 1 N–H and O–H groups in total. The fourth-order valence-corrected chi connectivity index (χ4v) is 2.06. The molecule has 1 rings (SSSR count). The van der Waals surface area contributed by atoms with Crippen molar-refractivity contribution in [2.75, 3.05) is 21.3 Å². The SMILES string of the molecule is COc1ccc(C(Cl)C(=O)NC(C)C)c(OC)c1OC. The van der Waals surface area contributed by atoms with Crippen LogP contribution in [0.15, 0.2) is 12.1 Å². The second-order valence-corrected chi connectivity index (χ2v) is 4.89. The van der Waals surface area contributed by atoms with E-state index >= 15 is 0 Å². The molecule has 1 unspecified atom stereocenters. The van der Waals surface area contributed by atoms with Crippen molar-refractivity contribution in [3.05, 3.63) is 17.7 Å². The third-order valence-corrected chi connectivity index (χ3v) is 3.10. The predicted octanol–water partition coefficient (Wildman–Crippen LogP) is 2.52. The Kier molecular flexibility index (Phi) is 5.95. The zero-order chi connectivity index (χ0) is 15.3. The number of nitrogens with one attached hydrogen (secondary N) is 1. The maximum absolute atomic E-state index is 12.0. The molecule has 1 atom stereocenters. The standard InChI is InChI=1S/C14H20ClNO4/c1-8(2)16-14(17)11(15)9-6-7-10(18-3)13(20-5)12(9)19-4/h6-8,11H,1-5H3,(H,16,17). The average molecular weight is 302 g/mol. The van der Waals surface area contributed by atoms with E-state index in [2.05, 4.69) is 5.32 Å². The van der Waals surface area contributed by atoms with Crippen molar-refractivity contribution in [3.63, 3.8) is 0 Å². The number of methoxy groups -OCH3 is 3. The number of hydrogen-bond donors (Lipinski definition) is 1.